The molecule has 0 saturated carbocycles. The normalized spacial score (nSPS) is 12.4. The molecular weight excluding hydrogens is 409 g/mol. The fourth-order valence-electron chi connectivity index (χ4n) is 2.85. The number of carbonyl (C=O) groups excluding carboxylic acids is 1. The highest BCUT2D eigenvalue weighted by Crippen LogP contribution is 2.12. The zero-order chi connectivity index (χ0) is 23.3. The zero-order valence-corrected chi connectivity index (χ0v) is 19.3. The predicted molar refractivity (Wildman–Crippen MR) is 127 cm³/mol. The molecule has 0 aliphatic heterocycles. The number of amides is 1. The van der Waals surface area contributed by atoms with E-state index in [4.69, 9.17) is 4.74 Å². The Morgan fingerprint density at radius 3 is 2.56 bits per heavy atom. The molecule has 0 spiro atoms. The number of ether oxygens (including phenoxy) is 1. The monoisotopic (exact) mass is 443 g/mol. The Kier molecular flexibility index (Phi) is 10.5. The Balaban J connectivity index is 1.90. The number of nitrogens with one attached hydrogen (secondary N) is 3. The third kappa shape index (κ3) is 9.34. The molecule has 8 heteroatoms. The van der Waals surface area contributed by atoms with Gasteiger partial charge in [0.05, 0.1) is 13.1 Å². The lowest BCUT2D eigenvalue weighted by molar-refractivity contribution is 0.0951. The van der Waals surface area contributed by atoms with Crippen molar-refractivity contribution in [1.82, 2.24) is 20.9 Å². The number of hydrogen-bond acceptors (Lipinski definition) is 4. The van der Waals surface area contributed by atoms with Crippen molar-refractivity contribution in [3.05, 3.63) is 65.5 Å². The number of benzene rings is 2. The van der Waals surface area contributed by atoms with Gasteiger partial charge in [-0.15, -0.1) is 0 Å². The van der Waals surface area contributed by atoms with Crippen molar-refractivity contribution in [3.8, 4) is 5.75 Å². The number of likely N-dealkylation sites (N-methyl/N-ethyl adjacent to an activating group) is 1. The van der Waals surface area contributed by atoms with E-state index in [2.05, 4.69) is 20.9 Å². The molecule has 0 bridgehead atoms. The molecule has 0 aliphatic rings. The molecule has 2 rings (SSSR count). The summed E-state index contributed by atoms with van der Waals surface area (Å²) in [5, 5.41) is 9.38. The van der Waals surface area contributed by atoms with E-state index in [9.17, 15) is 9.18 Å². The fraction of sp³-hybridized carbons (Fsp3) is 0.417. The summed E-state index contributed by atoms with van der Waals surface area (Å²) in [6.07, 6.45) is -0.140. The molecular formula is C24H34FN5O2. The van der Waals surface area contributed by atoms with Gasteiger partial charge in [0, 0.05) is 25.2 Å². The van der Waals surface area contributed by atoms with Gasteiger partial charge < -0.3 is 25.6 Å². The lowest BCUT2D eigenvalue weighted by atomic mass is 10.1. The second kappa shape index (κ2) is 13.3. The third-order valence-corrected chi connectivity index (χ3v) is 4.51. The van der Waals surface area contributed by atoms with Gasteiger partial charge in [-0.1, -0.05) is 12.1 Å². The number of guanidine groups is 1. The maximum Gasteiger partial charge on any atom is 0.251 e. The summed E-state index contributed by atoms with van der Waals surface area (Å²) in [5.41, 5.74) is 1.56. The van der Waals surface area contributed by atoms with Crippen LogP contribution in [0.5, 0.6) is 5.75 Å². The van der Waals surface area contributed by atoms with Gasteiger partial charge in [0.2, 0.25) is 0 Å². The minimum Gasteiger partial charge on any atom is -0.489 e. The molecule has 0 radical (unpaired) electrons. The molecule has 174 valence electrons. The van der Waals surface area contributed by atoms with Crippen LogP contribution >= 0.6 is 0 Å². The quantitative estimate of drug-likeness (QED) is 0.368. The van der Waals surface area contributed by atoms with E-state index < -0.39 is 0 Å². The van der Waals surface area contributed by atoms with Gasteiger partial charge in [0.1, 0.15) is 17.7 Å². The molecule has 32 heavy (non-hydrogen) atoms. The van der Waals surface area contributed by atoms with Gasteiger partial charge in [0.25, 0.3) is 5.91 Å². The third-order valence-electron chi connectivity index (χ3n) is 4.51. The van der Waals surface area contributed by atoms with Crippen LogP contribution in [-0.2, 0) is 6.54 Å². The maximum atomic E-state index is 13.0. The van der Waals surface area contributed by atoms with Crippen LogP contribution in [0.15, 0.2) is 53.5 Å². The van der Waals surface area contributed by atoms with Crippen molar-refractivity contribution in [2.45, 2.75) is 26.5 Å². The number of halogens is 1. The molecule has 2 aromatic rings. The summed E-state index contributed by atoms with van der Waals surface area (Å²) in [4.78, 5) is 19.0. The topological polar surface area (TPSA) is 78.0 Å². The van der Waals surface area contributed by atoms with E-state index in [0.717, 1.165) is 12.1 Å². The van der Waals surface area contributed by atoms with Crippen molar-refractivity contribution >= 4 is 11.9 Å². The average Bonchev–Trinajstić information content (AvgIpc) is 2.77. The summed E-state index contributed by atoms with van der Waals surface area (Å²) in [6.45, 7) is 6.98. The van der Waals surface area contributed by atoms with Gasteiger partial charge in [-0.2, -0.15) is 0 Å². The number of rotatable bonds is 11. The Morgan fingerprint density at radius 1 is 1.12 bits per heavy atom. The van der Waals surface area contributed by atoms with Crippen molar-refractivity contribution < 1.29 is 13.9 Å². The van der Waals surface area contributed by atoms with Crippen LogP contribution in [0.25, 0.3) is 0 Å². The highest BCUT2D eigenvalue weighted by atomic mass is 19.1. The summed E-state index contributed by atoms with van der Waals surface area (Å²) in [5.74, 6) is 0.889. The Hall–Kier alpha value is -3.13. The molecule has 7 nitrogen and oxygen atoms in total. The van der Waals surface area contributed by atoms with Crippen LogP contribution in [0.3, 0.4) is 0 Å². The van der Waals surface area contributed by atoms with E-state index in [1.54, 1.807) is 18.2 Å². The van der Waals surface area contributed by atoms with Crippen LogP contribution in [0.2, 0.25) is 0 Å². The van der Waals surface area contributed by atoms with Crippen LogP contribution < -0.4 is 20.7 Å². The first-order chi connectivity index (χ1) is 15.4. The van der Waals surface area contributed by atoms with Crippen molar-refractivity contribution in [2.24, 2.45) is 4.99 Å². The van der Waals surface area contributed by atoms with Crippen LogP contribution in [-0.4, -0.2) is 63.1 Å². The van der Waals surface area contributed by atoms with Gasteiger partial charge in [-0.25, -0.2) is 9.38 Å². The molecule has 0 heterocycles. The molecule has 1 unspecified atom stereocenters. The second-order valence-corrected chi connectivity index (χ2v) is 7.72. The van der Waals surface area contributed by atoms with Gasteiger partial charge in [0.15, 0.2) is 5.96 Å². The highest BCUT2D eigenvalue weighted by Gasteiger charge is 2.08. The number of aliphatic imine (C=N–C) groups is 1. The van der Waals surface area contributed by atoms with E-state index in [1.807, 2.05) is 51.0 Å². The molecule has 1 amide bonds. The van der Waals surface area contributed by atoms with E-state index in [1.165, 1.54) is 12.1 Å². The smallest absolute Gasteiger partial charge is 0.251 e. The Labute approximate surface area is 190 Å². The lowest BCUT2D eigenvalue weighted by Gasteiger charge is -2.17. The molecule has 2 aromatic carbocycles. The summed E-state index contributed by atoms with van der Waals surface area (Å²) < 4.78 is 18.8. The van der Waals surface area contributed by atoms with Gasteiger partial charge in [-0.05, 0) is 69.9 Å². The van der Waals surface area contributed by atoms with Crippen LogP contribution in [0.1, 0.15) is 29.8 Å². The van der Waals surface area contributed by atoms with Crippen molar-refractivity contribution in [3.63, 3.8) is 0 Å². The van der Waals surface area contributed by atoms with E-state index >= 15 is 0 Å². The lowest BCUT2D eigenvalue weighted by Crippen LogP contribution is -2.41. The number of hydrogen-bond donors (Lipinski definition) is 3. The van der Waals surface area contributed by atoms with Gasteiger partial charge >= 0.3 is 0 Å². The molecule has 3 N–H and O–H groups in total. The largest absolute Gasteiger partial charge is 0.489 e. The summed E-state index contributed by atoms with van der Waals surface area (Å²) >= 11 is 0. The molecule has 0 aromatic heterocycles. The summed E-state index contributed by atoms with van der Waals surface area (Å²) in [7, 11) is 3.94. The van der Waals surface area contributed by atoms with Crippen molar-refractivity contribution in [1.29, 1.82) is 0 Å². The summed E-state index contributed by atoms with van der Waals surface area (Å²) in [6, 6.07) is 13.4. The number of carbonyl (C=O) groups is 1. The van der Waals surface area contributed by atoms with Crippen LogP contribution in [0.4, 0.5) is 4.39 Å². The molecule has 1 atom stereocenters. The maximum absolute atomic E-state index is 13.0. The minimum absolute atomic E-state index is 0.0884. The first-order valence-electron chi connectivity index (χ1n) is 10.8. The average molecular weight is 444 g/mol. The minimum atomic E-state index is -0.292. The molecule has 0 fully saturated rings. The van der Waals surface area contributed by atoms with Crippen LogP contribution in [0, 0.1) is 5.82 Å². The van der Waals surface area contributed by atoms with E-state index in [-0.39, 0.29) is 17.8 Å². The highest BCUT2D eigenvalue weighted by molar-refractivity contribution is 5.94. The van der Waals surface area contributed by atoms with Crippen molar-refractivity contribution in [2.75, 3.05) is 40.3 Å². The Bertz CT molecular complexity index is 871. The van der Waals surface area contributed by atoms with Gasteiger partial charge in [-0.3, -0.25) is 4.79 Å². The molecule has 0 aliphatic carbocycles. The van der Waals surface area contributed by atoms with E-state index in [0.29, 0.717) is 43.5 Å². The zero-order valence-electron chi connectivity index (χ0n) is 19.3. The second-order valence-electron chi connectivity index (χ2n) is 7.72. The molecule has 0 saturated heterocycles. The number of nitrogens with zero attached hydrogens (tertiary/aromatic N) is 2. The Morgan fingerprint density at radius 2 is 1.88 bits per heavy atom. The SMILES string of the molecule is CCNC(=NCc1cccc(C(=O)NCCN(C)C)c1)NCC(C)Oc1ccc(F)cc1. The standard InChI is InChI=1S/C24H34FN5O2/c1-5-26-24(28-16-18(2)32-22-11-9-21(25)10-12-22)29-17-19-7-6-8-20(15-19)23(31)27-13-14-30(3)4/h6-12,15,18H,5,13-14,16-17H2,1-4H3,(H,27,31)(H2,26,28,29). The fourth-order valence-corrected chi connectivity index (χ4v) is 2.85. The predicted octanol–water partition coefficient (Wildman–Crippen LogP) is 2.64. The first-order valence-corrected chi connectivity index (χ1v) is 10.8. The first kappa shape index (κ1) is 25.1.